The number of rotatable bonds is 4. The lowest BCUT2D eigenvalue weighted by molar-refractivity contribution is -0.116. The van der Waals surface area contributed by atoms with Gasteiger partial charge in [0.2, 0.25) is 5.91 Å². The number of anilines is 1. The van der Waals surface area contributed by atoms with Gasteiger partial charge in [0.25, 0.3) is 0 Å². The Balaban J connectivity index is 1.95. The van der Waals surface area contributed by atoms with Gasteiger partial charge in [-0.2, -0.15) is 5.10 Å². The van der Waals surface area contributed by atoms with Gasteiger partial charge in [-0.3, -0.25) is 14.3 Å². The van der Waals surface area contributed by atoms with E-state index in [0.29, 0.717) is 12.0 Å². The summed E-state index contributed by atoms with van der Waals surface area (Å²) in [5.74, 6) is -0.184. The number of nitrogens with zero attached hydrogens (tertiary/aromatic N) is 2. The second-order valence-electron chi connectivity index (χ2n) is 3.47. The standard InChI is InChI=1S/C12H11N3O2/c16-9-11-6-7-15(14-11)8-12(17)13-10-4-2-1-3-5-10/h1-7,9H,8H2,(H,13,17). The van der Waals surface area contributed by atoms with Crippen LogP contribution in [0.4, 0.5) is 5.69 Å². The third kappa shape index (κ3) is 3.01. The van der Waals surface area contributed by atoms with Crippen LogP contribution in [0, 0.1) is 0 Å². The lowest BCUT2D eigenvalue weighted by atomic mass is 10.3. The molecule has 0 saturated carbocycles. The predicted molar refractivity (Wildman–Crippen MR) is 62.7 cm³/mol. The molecule has 17 heavy (non-hydrogen) atoms. The van der Waals surface area contributed by atoms with Crippen molar-refractivity contribution in [2.45, 2.75) is 6.54 Å². The maximum absolute atomic E-state index is 11.6. The monoisotopic (exact) mass is 229 g/mol. The van der Waals surface area contributed by atoms with Crippen molar-refractivity contribution in [1.29, 1.82) is 0 Å². The third-order valence-electron chi connectivity index (χ3n) is 2.15. The minimum atomic E-state index is -0.184. The molecule has 0 saturated heterocycles. The molecule has 0 aliphatic rings. The molecular formula is C12H11N3O2. The van der Waals surface area contributed by atoms with E-state index in [-0.39, 0.29) is 12.5 Å². The van der Waals surface area contributed by atoms with Crippen molar-refractivity contribution in [3.05, 3.63) is 48.3 Å². The SMILES string of the molecule is O=Cc1ccn(CC(=O)Nc2ccccc2)n1. The zero-order valence-electron chi connectivity index (χ0n) is 9.04. The number of aldehydes is 1. The number of benzene rings is 1. The molecule has 5 nitrogen and oxygen atoms in total. The molecule has 5 heteroatoms. The summed E-state index contributed by atoms with van der Waals surface area (Å²) in [5.41, 5.74) is 1.05. The molecule has 1 aromatic carbocycles. The van der Waals surface area contributed by atoms with Crippen molar-refractivity contribution in [2.24, 2.45) is 0 Å². The van der Waals surface area contributed by atoms with Crippen LogP contribution in [0.2, 0.25) is 0 Å². The molecule has 0 unspecified atom stereocenters. The number of amides is 1. The molecule has 2 aromatic rings. The second kappa shape index (κ2) is 5.07. The molecule has 0 aliphatic carbocycles. The van der Waals surface area contributed by atoms with Crippen LogP contribution < -0.4 is 5.32 Å². The highest BCUT2D eigenvalue weighted by Crippen LogP contribution is 2.04. The van der Waals surface area contributed by atoms with Gasteiger partial charge in [0.05, 0.1) is 0 Å². The van der Waals surface area contributed by atoms with E-state index < -0.39 is 0 Å². The highest BCUT2D eigenvalue weighted by atomic mass is 16.2. The fraction of sp³-hybridized carbons (Fsp3) is 0.0833. The van der Waals surface area contributed by atoms with Crippen LogP contribution in [0.3, 0.4) is 0 Å². The topological polar surface area (TPSA) is 64.0 Å². The number of hydrogen-bond donors (Lipinski definition) is 1. The van der Waals surface area contributed by atoms with Crippen LogP contribution in [0.15, 0.2) is 42.6 Å². The molecular weight excluding hydrogens is 218 g/mol. The first-order chi connectivity index (χ1) is 8.28. The van der Waals surface area contributed by atoms with Gasteiger partial charge in [-0.05, 0) is 18.2 Å². The Labute approximate surface area is 98.1 Å². The van der Waals surface area contributed by atoms with Crippen molar-refractivity contribution in [3.63, 3.8) is 0 Å². The summed E-state index contributed by atoms with van der Waals surface area (Å²) < 4.78 is 1.42. The Bertz CT molecular complexity index is 520. The lowest BCUT2D eigenvalue weighted by Gasteiger charge is -2.04. The number of carbonyl (C=O) groups is 2. The summed E-state index contributed by atoms with van der Waals surface area (Å²) in [7, 11) is 0. The molecule has 0 radical (unpaired) electrons. The first-order valence-electron chi connectivity index (χ1n) is 5.11. The third-order valence-corrected chi connectivity index (χ3v) is 2.15. The second-order valence-corrected chi connectivity index (χ2v) is 3.47. The average molecular weight is 229 g/mol. The number of para-hydroxylation sites is 1. The van der Waals surface area contributed by atoms with E-state index in [9.17, 15) is 9.59 Å². The fourth-order valence-electron chi connectivity index (χ4n) is 1.40. The van der Waals surface area contributed by atoms with E-state index in [1.54, 1.807) is 24.4 Å². The van der Waals surface area contributed by atoms with Crippen LogP contribution in [-0.2, 0) is 11.3 Å². The van der Waals surface area contributed by atoms with Gasteiger partial charge in [-0.15, -0.1) is 0 Å². The first-order valence-corrected chi connectivity index (χ1v) is 5.11. The average Bonchev–Trinajstić information content (AvgIpc) is 2.78. The Morgan fingerprint density at radius 1 is 1.29 bits per heavy atom. The zero-order valence-corrected chi connectivity index (χ0v) is 9.04. The summed E-state index contributed by atoms with van der Waals surface area (Å²) in [4.78, 5) is 22.0. The van der Waals surface area contributed by atoms with E-state index in [0.717, 1.165) is 5.69 Å². The summed E-state index contributed by atoms with van der Waals surface area (Å²) in [5, 5.41) is 6.63. The fourth-order valence-corrected chi connectivity index (χ4v) is 1.40. The number of nitrogens with one attached hydrogen (secondary N) is 1. The Morgan fingerprint density at radius 3 is 2.71 bits per heavy atom. The van der Waals surface area contributed by atoms with Crippen molar-refractivity contribution in [2.75, 3.05) is 5.32 Å². The minimum absolute atomic E-state index is 0.0860. The highest BCUT2D eigenvalue weighted by Gasteiger charge is 2.04. The minimum Gasteiger partial charge on any atom is -0.324 e. The molecule has 2 rings (SSSR count). The maximum atomic E-state index is 11.6. The van der Waals surface area contributed by atoms with Gasteiger partial charge in [-0.25, -0.2) is 0 Å². The van der Waals surface area contributed by atoms with E-state index in [1.165, 1.54) is 4.68 Å². The van der Waals surface area contributed by atoms with Gasteiger partial charge in [-0.1, -0.05) is 18.2 Å². The van der Waals surface area contributed by atoms with Gasteiger partial charge < -0.3 is 5.32 Å². The normalized spacial score (nSPS) is 9.88. The summed E-state index contributed by atoms with van der Waals surface area (Å²) in [6.07, 6.45) is 2.24. The van der Waals surface area contributed by atoms with Crippen molar-refractivity contribution in [3.8, 4) is 0 Å². The van der Waals surface area contributed by atoms with Crippen LogP contribution >= 0.6 is 0 Å². The Hall–Kier alpha value is -2.43. The molecule has 86 valence electrons. The summed E-state index contributed by atoms with van der Waals surface area (Å²) in [6, 6.07) is 10.7. The van der Waals surface area contributed by atoms with Gasteiger partial charge in [0.15, 0.2) is 6.29 Å². The Morgan fingerprint density at radius 2 is 2.06 bits per heavy atom. The van der Waals surface area contributed by atoms with Gasteiger partial charge in [0.1, 0.15) is 12.2 Å². The Kier molecular flexibility index (Phi) is 3.30. The van der Waals surface area contributed by atoms with E-state index in [1.807, 2.05) is 18.2 Å². The number of aromatic nitrogens is 2. The maximum Gasteiger partial charge on any atom is 0.246 e. The number of hydrogen-bond acceptors (Lipinski definition) is 3. The summed E-state index contributed by atoms with van der Waals surface area (Å²) in [6.45, 7) is 0.0860. The van der Waals surface area contributed by atoms with Crippen LogP contribution in [0.25, 0.3) is 0 Å². The predicted octanol–water partition coefficient (Wildman–Crippen LogP) is 1.33. The molecule has 0 aliphatic heterocycles. The molecule has 0 fully saturated rings. The molecule has 0 spiro atoms. The zero-order chi connectivity index (χ0) is 12.1. The summed E-state index contributed by atoms with van der Waals surface area (Å²) >= 11 is 0. The molecule has 0 bridgehead atoms. The lowest BCUT2D eigenvalue weighted by Crippen LogP contribution is -2.19. The van der Waals surface area contributed by atoms with Gasteiger partial charge >= 0.3 is 0 Å². The van der Waals surface area contributed by atoms with Crippen LogP contribution in [0.1, 0.15) is 10.5 Å². The highest BCUT2D eigenvalue weighted by molar-refractivity contribution is 5.90. The van der Waals surface area contributed by atoms with E-state index in [4.69, 9.17) is 0 Å². The molecule has 1 heterocycles. The molecule has 0 atom stereocenters. The van der Waals surface area contributed by atoms with E-state index in [2.05, 4.69) is 10.4 Å². The first kappa shape index (κ1) is 11.1. The largest absolute Gasteiger partial charge is 0.324 e. The quantitative estimate of drug-likeness (QED) is 0.804. The molecule has 1 amide bonds. The van der Waals surface area contributed by atoms with Gasteiger partial charge in [0, 0.05) is 11.9 Å². The van der Waals surface area contributed by atoms with Crippen molar-refractivity contribution >= 4 is 17.9 Å². The van der Waals surface area contributed by atoms with Crippen LogP contribution in [-0.4, -0.2) is 22.0 Å². The van der Waals surface area contributed by atoms with Crippen molar-refractivity contribution < 1.29 is 9.59 Å². The molecule has 1 aromatic heterocycles. The van der Waals surface area contributed by atoms with E-state index >= 15 is 0 Å². The number of carbonyl (C=O) groups excluding carboxylic acids is 2. The smallest absolute Gasteiger partial charge is 0.246 e. The van der Waals surface area contributed by atoms with Crippen LogP contribution in [0.5, 0.6) is 0 Å². The molecule has 1 N–H and O–H groups in total. The van der Waals surface area contributed by atoms with Crippen molar-refractivity contribution in [1.82, 2.24) is 9.78 Å².